The second-order valence-corrected chi connectivity index (χ2v) is 5.16. The molecule has 1 N–H and O–H groups in total. The number of hydrogen-bond acceptors (Lipinski definition) is 3. The standard InChI is InChI=1S/C14H25N3O/c1-18-12-9-16-14-15-8-11-17(14)10-7-13-5-3-2-4-6-13/h8,11,13H,2-7,9-10,12H2,1H3,(H,15,16). The summed E-state index contributed by atoms with van der Waals surface area (Å²) in [6.07, 6.45) is 12.3. The van der Waals surface area contributed by atoms with Crippen molar-refractivity contribution in [2.45, 2.75) is 45.1 Å². The monoisotopic (exact) mass is 251 g/mol. The summed E-state index contributed by atoms with van der Waals surface area (Å²) in [6, 6.07) is 0. The van der Waals surface area contributed by atoms with Gasteiger partial charge in [-0.25, -0.2) is 4.98 Å². The number of imidazole rings is 1. The van der Waals surface area contributed by atoms with E-state index in [1.54, 1.807) is 7.11 Å². The van der Waals surface area contributed by atoms with Crippen molar-refractivity contribution >= 4 is 5.95 Å². The molecule has 0 bridgehead atoms. The Balaban J connectivity index is 1.75. The topological polar surface area (TPSA) is 39.1 Å². The van der Waals surface area contributed by atoms with Crippen LogP contribution in [0.4, 0.5) is 5.95 Å². The van der Waals surface area contributed by atoms with E-state index in [-0.39, 0.29) is 0 Å². The fourth-order valence-electron chi connectivity index (χ4n) is 2.72. The number of hydrogen-bond donors (Lipinski definition) is 1. The Morgan fingerprint density at radius 3 is 3.00 bits per heavy atom. The van der Waals surface area contributed by atoms with Crippen LogP contribution in [0, 0.1) is 5.92 Å². The highest BCUT2D eigenvalue weighted by atomic mass is 16.5. The molecule has 1 aliphatic rings. The lowest BCUT2D eigenvalue weighted by molar-refractivity contribution is 0.210. The summed E-state index contributed by atoms with van der Waals surface area (Å²) in [6.45, 7) is 2.62. The van der Waals surface area contributed by atoms with Crippen molar-refractivity contribution in [3.8, 4) is 0 Å². The quantitative estimate of drug-likeness (QED) is 0.757. The minimum atomic E-state index is 0.718. The number of anilines is 1. The lowest BCUT2D eigenvalue weighted by atomic mass is 9.87. The summed E-state index contributed by atoms with van der Waals surface area (Å²) in [5.41, 5.74) is 0. The second kappa shape index (κ2) is 7.41. The number of aromatic nitrogens is 2. The van der Waals surface area contributed by atoms with E-state index in [1.165, 1.54) is 38.5 Å². The molecule has 2 rings (SSSR count). The van der Waals surface area contributed by atoms with Crippen LogP contribution in [0.25, 0.3) is 0 Å². The third-order valence-electron chi connectivity index (χ3n) is 3.81. The van der Waals surface area contributed by atoms with Crippen LogP contribution >= 0.6 is 0 Å². The number of nitrogens with one attached hydrogen (secondary N) is 1. The number of methoxy groups -OCH3 is 1. The molecule has 0 aliphatic heterocycles. The smallest absolute Gasteiger partial charge is 0.202 e. The minimum Gasteiger partial charge on any atom is -0.383 e. The number of rotatable bonds is 7. The third kappa shape index (κ3) is 4.02. The SMILES string of the molecule is COCCNc1nccn1CCC1CCCCC1. The zero-order chi connectivity index (χ0) is 12.6. The zero-order valence-corrected chi connectivity index (χ0v) is 11.4. The summed E-state index contributed by atoms with van der Waals surface area (Å²) in [4.78, 5) is 4.35. The maximum absolute atomic E-state index is 5.04. The highest BCUT2D eigenvalue weighted by Gasteiger charge is 2.13. The predicted molar refractivity (Wildman–Crippen MR) is 73.8 cm³/mol. The van der Waals surface area contributed by atoms with Crippen molar-refractivity contribution < 1.29 is 4.74 Å². The summed E-state index contributed by atoms with van der Waals surface area (Å²) in [7, 11) is 1.72. The fourth-order valence-corrected chi connectivity index (χ4v) is 2.72. The molecule has 0 atom stereocenters. The Morgan fingerprint density at radius 2 is 2.22 bits per heavy atom. The van der Waals surface area contributed by atoms with Crippen molar-refractivity contribution in [1.82, 2.24) is 9.55 Å². The van der Waals surface area contributed by atoms with Crippen LogP contribution in [0.5, 0.6) is 0 Å². The Labute approximate surface area is 110 Å². The molecule has 4 heteroatoms. The van der Waals surface area contributed by atoms with Gasteiger partial charge in [-0.1, -0.05) is 32.1 Å². The van der Waals surface area contributed by atoms with Crippen LogP contribution in [-0.4, -0.2) is 29.8 Å². The first-order chi connectivity index (χ1) is 8.90. The van der Waals surface area contributed by atoms with E-state index < -0.39 is 0 Å². The molecular weight excluding hydrogens is 226 g/mol. The van der Waals surface area contributed by atoms with Crippen molar-refractivity contribution in [1.29, 1.82) is 0 Å². The van der Waals surface area contributed by atoms with Crippen LogP contribution in [0.2, 0.25) is 0 Å². The molecule has 1 fully saturated rings. The van der Waals surface area contributed by atoms with Crippen LogP contribution < -0.4 is 5.32 Å². The van der Waals surface area contributed by atoms with Crippen molar-refractivity contribution in [2.75, 3.05) is 25.6 Å². The number of aryl methyl sites for hydroxylation is 1. The summed E-state index contributed by atoms with van der Waals surface area (Å²) in [5.74, 6) is 1.90. The molecule has 1 aliphatic carbocycles. The van der Waals surface area contributed by atoms with Crippen molar-refractivity contribution in [3.05, 3.63) is 12.4 Å². The van der Waals surface area contributed by atoms with E-state index >= 15 is 0 Å². The average molecular weight is 251 g/mol. The van der Waals surface area contributed by atoms with Gasteiger partial charge in [-0.15, -0.1) is 0 Å². The molecule has 0 radical (unpaired) electrons. The summed E-state index contributed by atoms with van der Waals surface area (Å²) in [5, 5.41) is 3.31. The first-order valence-corrected chi connectivity index (χ1v) is 7.14. The van der Waals surface area contributed by atoms with Crippen LogP contribution in [0.3, 0.4) is 0 Å². The highest BCUT2D eigenvalue weighted by Crippen LogP contribution is 2.26. The molecule has 1 heterocycles. The van der Waals surface area contributed by atoms with E-state index in [2.05, 4.69) is 21.1 Å². The first kappa shape index (κ1) is 13.4. The number of ether oxygens (including phenoxy) is 1. The Kier molecular flexibility index (Phi) is 5.52. The van der Waals surface area contributed by atoms with E-state index in [1.807, 2.05) is 6.20 Å². The van der Waals surface area contributed by atoms with E-state index in [0.29, 0.717) is 0 Å². The van der Waals surface area contributed by atoms with Crippen LogP contribution in [0.15, 0.2) is 12.4 Å². The van der Waals surface area contributed by atoms with Gasteiger partial charge in [0.1, 0.15) is 0 Å². The summed E-state index contributed by atoms with van der Waals surface area (Å²) >= 11 is 0. The van der Waals surface area contributed by atoms with Gasteiger partial charge in [-0.3, -0.25) is 0 Å². The maximum Gasteiger partial charge on any atom is 0.202 e. The van der Waals surface area contributed by atoms with Gasteiger partial charge >= 0.3 is 0 Å². The molecule has 102 valence electrons. The maximum atomic E-state index is 5.04. The predicted octanol–water partition coefficient (Wildman–Crippen LogP) is 2.91. The van der Waals surface area contributed by atoms with Gasteiger partial charge in [-0.05, 0) is 12.3 Å². The molecule has 4 nitrogen and oxygen atoms in total. The molecule has 18 heavy (non-hydrogen) atoms. The molecule has 0 unspecified atom stereocenters. The fraction of sp³-hybridized carbons (Fsp3) is 0.786. The van der Waals surface area contributed by atoms with Crippen molar-refractivity contribution in [3.63, 3.8) is 0 Å². The largest absolute Gasteiger partial charge is 0.383 e. The zero-order valence-electron chi connectivity index (χ0n) is 11.4. The Morgan fingerprint density at radius 1 is 1.39 bits per heavy atom. The van der Waals surface area contributed by atoms with Crippen LogP contribution in [-0.2, 0) is 11.3 Å². The number of nitrogens with zero attached hydrogens (tertiary/aromatic N) is 2. The van der Waals surface area contributed by atoms with Gasteiger partial charge < -0.3 is 14.6 Å². The molecule has 1 saturated carbocycles. The second-order valence-electron chi connectivity index (χ2n) is 5.16. The average Bonchev–Trinajstić information content (AvgIpc) is 2.86. The molecule has 0 saturated heterocycles. The summed E-state index contributed by atoms with van der Waals surface area (Å²) < 4.78 is 7.26. The van der Waals surface area contributed by atoms with Gasteiger partial charge in [-0.2, -0.15) is 0 Å². The van der Waals surface area contributed by atoms with E-state index in [4.69, 9.17) is 4.74 Å². The lowest BCUT2D eigenvalue weighted by Gasteiger charge is -2.21. The van der Waals surface area contributed by atoms with Crippen LogP contribution in [0.1, 0.15) is 38.5 Å². The molecule has 1 aromatic rings. The Bertz CT molecular complexity index is 332. The van der Waals surface area contributed by atoms with Gasteiger partial charge in [0, 0.05) is 32.6 Å². The normalized spacial score (nSPS) is 16.9. The first-order valence-electron chi connectivity index (χ1n) is 7.14. The molecule has 0 amide bonds. The third-order valence-corrected chi connectivity index (χ3v) is 3.81. The van der Waals surface area contributed by atoms with Gasteiger partial charge in [0.05, 0.1) is 6.61 Å². The van der Waals surface area contributed by atoms with Crippen molar-refractivity contribution in [2.24, 2.45) is 5.92 Å². The molecule has 0 spiro atoms. The van der Waals surface area contributed by atoms with E-state index in [0.717, 1.165) is 31.6 Å². The van der Waals surface area contributed by atoms with Gasteiger partial charge in [0.2, 0.25) is 5.95 Å². The van der Waals surface area contributed by atoms with E-state index in [9.17, 15) is 0 Å². The Hall–Kier alpha value is -1.03. The van der Waals surface area contributed by atoms with Gasteiger partial charge in [0.15, 0.2) is 0 Å². The highest BCUT2D eigenvalue weighted by molar-refractivity contribution is 5.25. The molecular formula is C14H25N3O. The minimum absolute atomic E-state index is 0.718. The molecule has 0 aromatic carbocycles. The van der Waals surface area contributed by atoms with Gasteiger partial charge in [0.25, 0.3) is 0 Å². The lowest BCUT2D eigenvalue weighted by Crippen LogP contribution is -2.14. The molecule has 1 aromatic heterocycles.